The van der Waals surface area contributed by atoms with E-state index in [2.05, 4.69) is 28.6 Å². The lowest BCUT2D eigenvalue weighted by atomic mass is 9.88. The topological polar surface area (TPSA) is 64.2 Å². The van der Waals surface area contributed by atoms with Crippen molar-refractivity contribution in [1.82, 2.24) is 14.5 Å². The van der Waals surface area contributed by atoms with Crippen LogP contribution < -0.4 is 5.73 Å². The fraction of sp³-hybridized carbons (Fsp3) is 0.600. The molecule has 0 bridgehead atoms. The van der Waals surface area contributed by atoms with Crippen molar-refractivity contribution in [2.45, 2.75) is 65.0 Å². The molecule has 2 aromatic rings. The fourth-order valence-electron chi connectivity index (χ4n) is 3.85. The Labute approximate surface area is 150 Å². The molecule has 136 valence electrons. The van der Waals surface area contributed by atoms with E-state index in [0.29, 0.717) is 18.4 Å². The highest BCUT2D eigenvalue weighted by Crippen LogP contribution is 2.26. The van der Waals surface area contributed by atoms with E-state index in [4.69, 9.17) is 5.73 Å². The quantitative estimate of drug-likeness (QED) is 0.864. The minimum absolute atomic E-state index is 0.216. The zero-order chi connectivity index (χ0) is 17.8. The average molecular weight is 342 g/mol. The van der Waals surface area contributed by atoms with Gasteiger partial charge in [-0.15, -0.1) is 0 Å². The van der Waals surface area contributed by atoms with E-state index in [9.17, 15) is 4.79 Å². The molecule has 1 aliphatic carbocycles. The summed E-state index contributed by atoms with van der Waals surface area (Å²) >= 11 is 0. The van der Waals surface area contributed by atoms with Crippen molar-refractivity contribution >= 4 is 22.9 Å². The van der Waals surface area contributed by atoms with E-state index in [1.54, 1.807) is 0 Å². The number of nitrogen functional groups attached to an aromatic ring is 1. The number of fused-ring (bicyclic) bond motifs is 1. The SMILES string of the molecule is CCCCn1c(N)nc2ccc(CN(C)C(=O)C3CCCCC3)cc21. The number of carbonyl (C=O) groups excluding carboxylic acids is 1. The van der Waals surface area contributed by atoms with Crippen LogP contribution in [0.25, 0.3) is 11.0 Å². The van der Waals surface area contributed by atoms with Crippen molar-refractivity contribution in [1.29, 1.82) is 0 Å². The van der Waals surface area contributed by atoms with Crippen LogP contribution in [0.5, 0.6) is 0 Å². The first-order valence-corrected chi connectivity index (χ1v) is 9.59. The van der Waals surface area contributed by atoms with Crippen LogP contribution in [0.3, 0.4) is 0 Å². The van der Waals surface area contributed by atoms with Crippen molar-refractivity contribution in [2.75, 3.05) is 12.8 Å². The number of rotatable bonds is 6. The summed E-state index contributed by atoms with van der Waals surface area (Å²) in [6.07, 6.45) is 7.94. The van der Waals surface area contributed by atoms with E-state index >= 15 is 0 Å². The van der Waals surface area contributed by atoms with Gasteiger partial charge in [0.1, 0.15) is 0 Å². The number of unbranched alkanes of at least 4 members (excludes halogenated alkanes) is 1. The van der Waals surface area contributed by atoms with E-state index in [1.807, 2.05) is 18.0 Å². The molecular formula is C20H30N4O. The zero-order valence-corrected chi connectivity index (χ0v) is 15.5. The minimum atomic E-state index is 0.216. The molecule has 2 N–H and O–H groups in total. The van der Waals surface area contributed by atoms with Crippen molar-refractivity contribution in [2.24, 2.45) is 5.92 Å². The molecule has 25 heavy (non-hydrogen) atoms. The number of hydrogen-bond donors (Lipinski definition) is 1. The first-order valence-electron chi connectivity index (χ1n) is 9.59. The molecule has 1 saturated carbocycles. The predicted molar refractivity (Wildman–Crippen MR) is 102 cm³/mol. The van der Waals surface area contributed by atoms with Gasteiger partial charge in [0, 0.05) is 26.1 Å². The maximum atomic E-state index is 12.7. The van der Waals surface area contributed by atoms with Crippen molar-refractivity contribution in [3.63, 3.8) is 0 Å². The van der Waals surface area contributed by atoms with Crippen LogP contribution in [-0.2, 0) is 17.9 Å². The van der Waals surface area contributed by atoms with Gasteiger partial charge in [0.25, 0.3) is 0 Å². The van der Waals surface area contributed by atoms with Crippen LogP contribution in [-0.4, -0.2) is 27.4 Å². The van der Waals surface area contributed by atoms with Crippen LogP contribution in [0.2, 0.25) is 0 Å². The smallest absolute Gasteiger partial charge is 0.225 e. The highest BCUT2D eigenvalue weighted by Gasteiger charge is 2.24. The normalized spacial score (nSPS) is 15.6. The van der Waals surface area contributed by atoms with E-state index in [1.165, 1.54) is 19.3 Å². The van der Waals surface area contributed by atoms with Crippen LogP contribution in [0.15, 0.2) is 18.2 Å². The number of nitrogens with two attached hydrogens (primary N) is 1. The molecule has 0 spiro atoms. The molecule has 1 aliphatic rings. The number of benzene rings is 1. The van der Waals surface area contributed by atoms with E-state index in [0.717, 1.165) is 48.8 Å². The third kappa shape index (κ3) is 3.97. The second kappa shape index (κ2) is 7.89. The van der Waals surface area contributed by atoms with Crippen LogP contribution >= 0.6 is 0 Å². The molecule has 1 aromatic carbocycles. The Hall–Kier alpha value is -2.04. The minimum Gasteiger partial charge on any atom is -0.369 e. The maximum Gasteiger partial charge on any atom is 0.225 e. The van der Waals surface area contributed by atoms with Gasteiger partial charge in [-0.2, -0.15) is 0 Å². The number of carbonyl (C=O) groups is 1. The standard InChI is InChI=1S/C20H30N4O/c1-3-4-12-24-18-13-15(10-11-17(18)22-20(24)21)14-23(2)19(25)16-8-6-5-7-9-16/h10-11,13,16H,3-9,12,14H2,1-2H3,(H2,21,22). The molecule has 1 heterocycles. The molecule has 1 fully saturated rings. The molecule has 5 heteroatoms. The predicted octanol–water partition coefficient (Wildman–Crippen LogP) is 3.96. The Balaban J connectivity index is 1.75. The molecule has 0 saturated heterocycles. The number of imidazole rings is 1. The van der Waals surface area contributed by atoms with Gasteiger partial charge in [0.05, 0.1) is 11.0 Å². The van der Waals surface area contributed by atoms with Gasteiger partial charge in [0.15, 0.2) is 0 Å². The summed E-state index contributed by atoms with van der Waals surface area (Å²) in [5, 5.41) is 0. The summed E-state index contributed by atoms with van der Waals surface area (Å²) in [6.45, 7) is 3.70. The Bertz CT molecular complexity index is 731. The zero-order valence-electron chi connectivity index (χ0n) is 15.5. The van der Waals surface area contributed by atoms with Crippen LogP contribution in [0, 0.1) is 5.92 Å². The van der Waals surface area contributed by atoms with Gasteiger partial charge in [-0.05, 0) is 37.0 Å². The average Bonchev–Trinajstić information content (AvgIpc) is 2.94. The lowest BCUT2D eigenvalue weighted by Crippen LogP contribution is -2.33. The van der Waals surface area contributed by atoms with Gasteiger partial charge >= 0.3 is 0 Å². The lowest BCUT2D eigenvalue weighted by Gasteiger charge is -2.26. The molecule has 0 atom stereocenters. The summed E-state index contributed by atoms with van der Waals surface area (Å²) < 4.78 is 2.09. The summed E-state index contributed by atoms with van der Waals surface area (Å²) in [4.78, 5) is 19.0. The van der Waals surface area contributed by atoms with Crippen LogP contribution in [0.1, 0.15) is 57.4 Å². The van der Waals surface area contributed by atoms with Gasteiger partial charge in [-0.1, -0.05) is 38.7 Å². The second-order valence-electron chi connectivity index (χ2n) is 7.33. The maximum absolute atomic E-state index is 12.7. The molecule has 5 nitrogen and oxygen atoms in total. The summed E-state index contributed by atoms with van der Waals surface area (Å²) in [7, 11) is 1.92. The van der Waals surface area contributed by atoms with Gasteiger partial charge in [-0.3, -0.25) is 4.79 Å². The molecule has 1 aromatic heterocycles. The first-order chi connectivity index (χ1) is 12.1. The van der Waals surface area contributed by atoms with Crippen molar-refractivity contribution in [3.05, 3.63) is 23.8 Å². The van der Waals surface area contributed by atoms with E-state index in [-0.39, 0.29) is 5.92 Å². The molecule has 0 radical (unpaired) electrons. The van der Waals surface area contributed by atoms with Gasteiger partial charge in [-0.25, -0.2) is 4.98 Å². The van der Waals surface area contributed by atoms with Crippen molar-refractivity contribution in [3.8, 4) is 0 Å². The van der Waals surface area contributed by atoms with Crippen molar-refractivity contribution < 1.29 is 4.79 Å². The number of aryl methyl sites for hydroxylation is 1. The summed E-state index contributed by atoms with van der Waals surface area (Å²) in [5.41, 5.74) is 9.21. The number of aromatic nitrogens is 2. The molecule has 0 unspecified atom stereocenters. The second-order valence-corrected chi connectivity index (χ2v) is 7.33. The summed E-state index contributed by atoms with van der Waals surface area (Å²) in [6, 6.07) is 6.21. The molecule has 0 aliphatic heterocycles. The largest absolute Gasteiger partial charge is 0.369 e. The first kappa shape index (κ1) is 17.8. The molecule has 3 rings (SSSR count). The van der Waals surface area contributed by atoms with Gasteiger partial charge in [0.2, 0.25) is 11.9 Å². The fourth-order valence-corrected chi connectivity index (χ4v) is 3.85. The number of hydrogen-bond acceptors (Lipinski definition) is 3. The Morgan fingerprint density at radius 2 is 2.08 bits per heavy atom. The highest BCUT2D eigenvalue weighted by molar-refractivity contribution is 5.80. The lowest BCUT2D eigenvalue weighted by molar-refractivity contribution is -0.135. The highest BCUT2D eigenvalue weighted by atomic mass is 16.2. The number of nitrogens with zero attached hydrogens (tertiary/aromatic N) is 3. The van der Waals surface area contributed by atoms with E-state index < -0.39 is 0 Å². The monoisotopic (exact) mass is 342 g/mol. The number of anilines is 1. The Morgan fingerprint density at radius 3 is 2.80 bits per heavy atom. The Morgan fingerprint density at radius 1 is 1.32 bits per heavy atom. The van der Waals surface area contributed by atoms with Gasteiger partial charge < -0.3 is 15.2 Å². The Kier molecular flexibility index (Phi) is 5.61. The molecule has 1 amide bonds. The third-order valence-electron chi connectivity index (χ3n) is 5.33. The molecular weight excluding hydrogens is 312 g/mol. The van der Waals surface area contributed by atoms with Crippen LogP contribution in [0.4, 0.5) is 5.95 Å². The third-order valence-corrected chi connectivity index (χ3v) is 5.33. The number of amides is 1. The summed E-state index contributed by atoms with van der Waals surface area (Å²) in [5.74, 6) is 1.08.